The molecule has 180 valence electrons. The van der Waals surface area contributed by atoms with Crippen LogP contribution in [0.15, 0.2) is 54.9 Å². The van der Waals surface area contributed by atoms with Crippen molar-refractivity contribution in [1.29, 1.82) is 0 Å². The summed E-state index contributed by atoms with van der Waals surface area (Å²) in [4.78, 5) is 28.8. The van der Waals surface area contributed by atoms with Crippen LogP contribution in [0.25, 0.3) is 22.4 Å². The Kier molecular flexibility index (Phi) is 5.75. The Bertz CT molecular complexity index is 1360. The Labute approximate surface area is 197 Å². The Morgan fingerprint density at radius 3 is 2.57 bits per heavy atom. The van der Waals surface area contributed by atoms with Crippen LogP contribution in [0, 0.1) is 0 Å². The number of hydrogen-bond acceptors (Lipinski definition) is 6. The molecular formula is C24H20F3N5O3. The number of carbonyl (C=O) groups is 1. The van der Waals surface area contributed by atoms with Gasteiger partial charge in [0.25, 0.3) is 0 Å². The third-order valence-electron chi connectivity index (χ3n) is 5.85. The second kappa shape index (κ2) is 8.90. The summed E-state index contributed by atoms with van der Waals surface area (Å²) >= 11 is 0. The highest BCUT2D eigenvalue weighted by atomic mass is 19.4. The van der Waals surface area contributed by atoms with Crippen LogP contribution in [-0.4, -0.2) is 50.2 Å². The fraction of sp³-hybridized carbons (Fsp3) is 0.250. The van der Waals surface area contributed by atoms with Crippen molar-refractivity contribution in [1.82, 2.24) is 19.9 Å². The molecule has 0 spiro atoms. The molecule has 35 heavy (non-hydrogen) atoms. The molecule has 3 aromatic heterocycles. The molecule has 0 radical (unpaired) electrons. The van der Waals surface area contributed by atoms with Gasteiger partial charge in [0.2, 0.25) is 0 Å². The van der Waals surface area contributed by atoms with Crippen LogP contribution >= 0.6 is 0 Å². The largest absolute Gasteiger partial charge is 0.490 e. The summed E-state index contributed by atoms with van der Waals surface area (Å²) in [7, 11) is 0. The third kappa shape index (κ3) is 4.88. The molecule has 0 amide bonds. The Morgan fingerprint density at radius 2 is 1.89 bits per heavy atom. The summed E-state index contributed by atoms with van der Waals surface area (Å²) in [6.07, 6.45) is 0.0625. The number of nitrogens with one attached hydrogen (secondary N) is 1. The third-order valence-corrected chi connectivity index (χ3v) is 5.85. The average molecular weight is 483 g/mol. The number of benzene rings is 1. The number of pyridine rings is 2. The second-order valence-electron chi connectivity index (χ2n) is 8.21. The van der Waals surface area contributed by atoms with Gasteiger partial charge < -0.3 is 19.7 Å². The maximum Gasteiger partial charge on any atom is 0.416 e. The van der Waals surface area contributed by atoms with Crippen molar-refractivity contribution < 1.29 is 27.8 Å². The number of imidazole rings is 1. The van der Waals surface area contributed by atoms with E-state index >= 15 is 0 Å². The zero-order valence-electron chi connectivity index (χ0n) is 18.3. The van der Waals surface area contributed by atoms with E-state index in [1.54, 1.807) is 12.3 Å². The summed E-state index contributed by atoms with van der Waals surface area (Å²) in [5, 5.41) is 9.07. The molecule has 11 heteroatoms. The van der Waals surface area contributed by atoms with Gasteiger partial charge in [-0.25, -0.2) is 19.7 Å². The number of hydrogen-bond donors (Lipinski definition) is 2. The molecule has 4 aromatic rings. The van der Waals surface area contributed by atoms with Crippen molar-refractivity contribution in [3.05, 3.63) is 66.1 Å². The van der Waals surface area contributed by atoms with Crippen LogP contribution in [0.5, 0.6) is 5.75 Å². The molecule has 0 atom stereocenters. The second-order valence-corrected chi connectivity index (χ2v) is 8.21. The minimum absolute atomic E-state index is 0.0493. The number of alkyl halides is 3. The minimum atomic E-state index is -4.42. The first-order valence-electron chi connectivity index (χ1n) is 10.9. The monoisotopic (exact) mass is 483 g/mol. The minimum Gasteiger partial charge on any atom is -0.490 e. The maximum absolute atomic E-state index is 13.0. The van der Waals surface area contributed by atoms with Gasteiger partial charge in [-0.3, -0.25) is 0 Å². The number of piperidine rings is 1. The number of aromatic nitrogens is 4. The van der Waals surface area contributed by atoms with Crippen LogP contribution < -0.4 is 9.64 Å². The first-order chi connectivity index (χ1) is 16.8. The number of aromatic amines is 1. The molecular weight excluding hydrogens is 463 g/mol. The topological polar surface area (TPSA) is 104 Å². The summed E-state index contributed by atoms with van der Waals surface area (Å²) < 4.78 is 44.8. The summed E-state index contributed by atoms with van der Waals surface area (Å²) in [6.45, 7) is 1.41. The van der Waals surface area contributed by atoms with Crippen LogP contribution in [0.4, 0.5) is 19.0 Å². The van der Waals surface area contributed by atoms with Gasteiger partial charge in [0.15, 0.2) is 5.69 Å². The normalized spacial score (nSPS) is 14.9. The van der Waals surface area contributed by atoms with Gasteiger partial charge in [0.05, 0.1) is 16.6 Å². The van der Waals surface area contributed by atoms with Gasteiger partial charge >= 0.3 is 12.1 Å². The molecule has 1 fully saturated rings. The van der Waals surface area contributed by atoms with E-state index in [-0.39, 0.29) is 11.8 Å². The summed E-state index contributed by atoms with van der Waals surface area (Å²) in [5.74, 6) is 0.600. The van der Waals surface area contributed by atoms with Gasteiger partial charge in [-0.05, 0) is 36.4 Å². The zero-order chi connectivity index (χ0) is 24.6. The average Bonchev–Trinajstić information content (AvgIpc) is 3.28. The lowest BCUT2D eigenvalue weighted by molar-refractivity contribution is -0.137. The molecule has 0 aliphatic carbocycles. The molecule has 0 bridgehead atoms. The SMILES string of the molecule is O=C(O)c1cc(OC2CCN(c3ccc(-c4nc5ccc(C(F)(F)F)cc5[nH]4)cn3)CC2)ccn1. The number of rotatable bonds is 5. The van der Waals surface area contributed by atoms with Gasteiger partial charge in [0.1, 0.15) is 23.5 Å². The number of H-pyrrole nitrogens is 1. The van der Waals surface area contributed by atoms with E-state index in [9.17, 15) is 18.0 Å². The molecule has 4 heterocycles. The Morgan fingerprint density at radius 1 is 1.09 bits per heavy atom. The van der Waals surface area contributed by atoms with E-state index in [4.69, 9.17) is 9.84 Å². The van der Waals surface area contributed by atoms with E-state index in [2.05, 4.69) is 24.8 Å². The Hall–Kier alpha value is -4.15. The molecule has 1 aliphatic rings. The highest BCUT2D eigenvalue weighted by molar-refractivity contribution is 5.85. The molecule has 5 rings (SSSR count). The van der Waals surface area contributed by atoms with Crippen LogP contribution in [0.3, 0.4) is 0 Å². The van der Waals surface area contributed by atoms with Gasteiger partial charge in [0, 0.05) is 50.0 Å². The fourth-order valence-electron chi connectivity index (χ4n) is 4.03. The highest BCUT2D eigenvalue weighted by Crippen LogP contribution is 2.32. The number of carboxylic acids is 1. The van der Waals surface area contributed by atoms with E-state index in [1.165, 1.54) is 18.3 Å². The highest BCUT2D eigenvalue weighted by Gasteiger charge is 2.30. The molecule has 1 aliphatic heterocycles. The predicted molar refractivity (Wildman–Crippen MR) is 121 cm³/mol. The smallest absolute Gasteiger partial charge is 0.416 e. The van der Waals surface area contributed by atoms with E-state index in [0.29, 0.717) is 41.3 Å². The van der Waals surface area contributed by atoms with Crippen molar-refractivity contribution in [3.63, 3.8) is 0 Å². The molecule has 8 nitrogen and oxygen atoms in total. The van der Waals surface area contributed by atoms with Gasteiger partial charge in [-0.1, -0.05) is 0 Å². The fourth-order valence-corrected chi connectivity index (χ4v) is 4.03. The standard InChI is InChI=1S/C24H20F3N5O3/c25-24(26,27)15-2-3-18-19(11-15)31-22(30-18)14-1-4-21(29-13-14)32-9-6-16(7-10-32)35-17-5-8-28-20(12-17)23(33)34/h1-5,8,11-13,16H,6-7,9-10H2,(H,30,31)(H,33,34). The van der Waals surface area contributed by atoms with Crippen molar-refractivity contribution in [3.8, 4) is 17.1 Å². The van der Waals surface area contributed by atoms with Crippen LogP contribution in [0.1, 0.15) is 28.9 Å². The lowest BCUT2D eigenvalue weighted by Gasteiger charge is -2.33. The van der Waals surface area contributed by atoms with Gasteiger partial charge in [-0.2, -0.15) is 13.2 Å². The molecule has 1 saturated heterocycles. The number of anilines is 1. The van der Waals surface area contributed by atoms with Crippen molar-refractivity contribution in [2.45, 2.75) is 25.1 Å². The first kappa shape index (κ1) is 22.6. The number of carboxylic acid groups (broad SMARTS) is 1. The van der Waals surface area contributed by atoms with Gasteiger partial charge in [-0.15, -0.1) is 0 Å². The Balaban J connectivity index is 1.23. The number of aromatic carboxylic acids is 1. The quantitative estimate of drug-likeness (QED) is 0.421. The number of ether oxygens (including phenoxy) is 1. The van der Waals surface area contributed by atoms with Crippen LogP contribution in [0.2, 0.25) is 0 Å². The maximum atomic E-state index is 13.0. The van der Waals surface area contributed by atoms with E-state index in [1.807, 2.05) is 12.1 Å². The molecule has 2 N–H and O–H groups in total. The number of nitrogens with zero attached hydrogens (tertiary/aromatic N) is 4. The number of halogens is 3. The lowest BCUT2D eigenvalue weighted by atomic mass is 10.1. The molecule has 0 unspecified atom stereocenters. The van der Waals surface area contributed by atoms with Crippen molar-refractivity contribution >= 4 is 22.8 Å². The van der Waals surface area contributed by atoms with Crippen molar-refractivity contribution in [2.24, 2.45) is 0 Å². The first-order valence-corrected chi connectivity index (χ1v) is 10.9. The van der Waals surface area contributed by atoms with E-state index in [0.717, 1.165) is 30.8 Å². The number of fused-ring (bicyclic) bond motifs is 1. The van der Waals surface area contributed by atoms with Crippen LogP contribution in [-0.2, 0) is 6.18 Å². The van der Waals surface area contributed by atoms with Crippen molar-refractivity contribution in [2.75, 3.05) is 18.0 Å². The predicted octanol–water partition coefficient (Wildman–Crippen LogP) is 4.78. The molecule has 0 saturated carbocycles. The molecule has 1 aromatic carbocycles. The van der Waals surface area contributed by atoms with E-state index < -0.39 is 17.7 Å². The summed E-state index contributed by atoms with van der Waals surface area (Å²) in [6, 6.07) is 10.2. The lowest BCUT2D eigenvalue weighted by Crippen LogP contribution is -2.38. The summed E-state index contributed by atoms with van der Waals surface area (Å²) in [5.41, 5.74) is 0.639. The zero-order valence-corrected chi connectivity index (χ0v) is 18.3.